The Balaban J connectivity index is 2.83. The maximum atomic E-state index is 11.5. The van der Waals surface area contributed by atoms with Gasteiger partial charge in [0.25, 0.3) is 5.91 Å². The van der Waals surface area contributed by atoms with Gasteiger partial charge in [-0.05, 0) is 30.2 Å². The molecular formula is C12H17ClN2O3. The average molecular weight is 273 g/mol. The van der Waals surface area contributed by atoms with Gasteiger partial charge in [0.15, 0.2) is 0 Å². The Hall–Kier alpha value is -1.30. The van der Waals surface area contributed by atoms with Gasteiger partial charge < -0.3 is 9.47 Å². The van der Waals surface area contributed by atoms with Crippen LogP contribution in [0.15, 0.2) is 18.2 Å². The lowest BCUT2D eigenvalue weighted by Crippen LogP contribution is -2.44. The number of hydrogen-bond donors (Lipinski definition) is 2. The van der Waals surface area contributed by atoms with Crippen molar-refractivity contribution >= 4 is 17.5 Å². The summed E-state index contributed by atoms with van der Waals surface area (Å²) in [5.41, 5.74) is 3.00. The standard InChI is InChI=1S/C12H17ClN2O3/c1-3-8-6-9(4-5-10(8)13)18-11(7-17-2)12(16)15-14/h4-6,11H,3,7,14H2,1-2H3,(H,15,16). The Morgan fingerprint density at radius 2 is 2.28 bits per heavy atom. The smallest absolute Gasteiger partial charge is 0.277 e. The van der Waals surface area contributed by atoms with Gasteiger partial charge in [-0.2, -0.15) is 0 Å². The largest absolute Gasteiger partial charge is 0.478 e. The van der Waals surface area contributed by atoms with Crippen molar-refractivity contribution in [2.45, 2.75) is 19.4 Å². The zero-order chi connectivity index (χ0) is 13.5. The number of aryl methyl sites for hydroxylation is 1. The van der Waals surface area contributed by atoms with E-state index in [0.29, 0.717) is 10.8 Å². The first-order valence-corrected chi connectivity index (χ1v) is 5.94. The van der Waals surface area contributed by atoms with E-state index in [-0.39, 0.29) is 6.61 Å². The van der Waals surface area contributed by atoms with Crippen molar-refractivity contribution in [3.63, 3.8) is 0 Å². The number of benzene rings is 1. The van der Waals surface area contributed by atoms with Crippen LogP contribution in [0.3, 0.4) is 0 Å². The molecule has 0 aliphatic rings. The third-order valence-corrected chi connectivity index (χ3v) is 2.80. The van der Waals surface area contributed by atoms with Gasteiger partial charge in [-0.3, -0.25) is 10.2 Å². The van der Waals surface area contributed by atoms with Gasteiger partial charge >= 0.3 is 0 Å². The van der Waals surface area contributed by atoms with Crippen LogP contribution in [-0.4, -0.2) is 25.7 Å². The molecule has 0 radical (unpaired) electrons. The van der Waals surface area contributed by atoms with Crippen LogP contribution in [0, 0.1) is 0 Å². The van der Waals surface area contributed by atoms with Crippen molar-refractivity contribution in [3.05, 3.63) is 28.8 Å². The van der Waals surface area contributed by atoms with Gasteiger partial charge in [-0.15, -0.1) is 0 Å². The van der Waals surface area contributed by atoms with Crippen molar-refractivity contribution in [2.24, 2.45) is 5.84 Å². The Morgan fingerprint density at radius 1 is 1.56 bits per heavy atom. The molecular weight excluding hydrogens is 256 g/mol. The monoisotopic (exact) mass is 272 g/mol. The minimum Gasteiger partial charge on any atom is -0.478 e. The Bertz CT molecular complexity index is 412. The van der Waals surface area contributed by atoms with E-state index in [9.17, 15) is 4.79 Å². The van der Waals surface area contributed by atoms with E-state index >= 15 is 0 Å². The number of halogens is 1. The van der Waals surface area contributed by atoms with Crippen LogP contribution in [0.2, 0.25) is 5.02 Å². The van der Waals surface area contributed by atoms with Crippen LogP contribution in [-0.2, 0) is 16.0 Å². The summed E-state index contributed by atoms with van der Waals surface area (Å²) in [7, 11) is 1.49. The maximum Gasteiger partial charge on any atom is 0.277 e. The highest BCUT2D eigenvalue weighted by Crippen LogP contribution is 2.23. The van der Waals surface area contributed by atoms with Crippen molar-refractivity contribution in [1.82, 2.24) is 5.43 Å². The molecule has 0 aliphatic carbocycles. The molecule has 0 fully saturated rings. The van der Waals surface area contributed by atoms with E-state index < -0.39 is 12.0 Å². The van der Waals surface area contributed by atoms with Gasteiger partial charge in [0, 0.05) is 12.1 Å². The number of carbonyl (C=O) groups is 1. The minimum absolute atomic E-state index is 0.118. The first kappa shape index (κ1) is 14.8. The highest BCUT2D eigenvalue weighted by atomic mass is 35.5. The van der Waals surface area contributed by atoms with Crippen LogP contribution in [0.4, 0.5) is 0 Å². The SMILES string of the molecule is CCc1cc(OC(COC)C(=O)NN)ccc1Cl. The number of nitrogens with two attached hydrogens (primary N) is 1. The van der Waals surface area contributed by atoms with Crippen LogP contribution in [0.5, 0.6) is 5.75 Å². The van der Waals surface area contributed by atoms with Gasteiger partial charge in [-0.1, -0.05) is 18.5 Å². The summed E-state index contributed by atoms with van der Waals surface area (Å²) in [6.45, 7) is 2.11. The molecule has 1 rings (SSSR count). The molecule has 1 unspecified atom stereocenters. The fourth-order valence-electron chi connectivity index (χ4n) is 1.47. The highest BCUT2D eigenvalue weighted by Gasteiger charge is 2.19. The van der Waals surface area contributed by atoms with Crippen molar-refractivity contribution in [2.75, 3.05) is 13.7 Å². The zero-order valence-corrected chi connectivity index (χ0v) is 11.2. The Morgan fingerprint density at radius 3 is 2.83 bits per heavy atom. The molecule has 1 aromatic rings. The molecule has 0 spiro atoms. The van der Waals surface area contributed by atoms with Gasteiger partial charge in [0.05, 0.1) is 6.61 Å². The lowest BCUT2D eigenvalue weighted by molar-refractivity contribution is -0.130. The average Bonchev–Trinajstić information content (AvgIpc) is 2.39. The van der Waals surface area contributed by atoms with Gasteiger partial charge in [0.1, 0.15) is 5.75 Å². The zero-order valence-electron chi connectivity index (χ0n) is 10.4. The maximum absolute atomic E-state index is 11.5. The van der Waals surface area contributed by atoms with Crippen LogP contribution >= 0.6 is 11.6 Å². The molecule has 0 aromatic heterocycles. The number of amides is 1. The molecule has 18 heavy (non-hydrogen) atoms. The summed E-state index contributed by atoms with van der Waals surface area (Å²) in [6, 6.07) is 5.24. The predicted octanol–water partition coefficient (Wildman–Crippen LogP) is 1.29. The molecule has 0 aliphatic heterocycles. The number of nitrogens with one attached hydrogen (secondary N) is 1. The summed E-state index contributed by atoms with van der Waals surface area (Å²) >= 11 is 6.00. The van der Waals surface area contributed by atoms with E-state index in [0.717, 1.165) is 12.0 Å². The molecule has 0 heterocycles. The number of ether oxygens (including phenoxy) is 2. The molecule has 1 aromatic carbocycles. The molecule has 0 bridgehead atoms. The molecule has 0 saturated heterocycles. The molecule has 6 heteroatoms. The van der Waals surface area contributed by atoms with Gasteiger partial charge in [-0.25, -0.2) is 5.84 Å². The number of methoxy groups -OCH3 is 1. The van der Waals surface area contributed by atoms with E-state index in [4.69, 9.17) is 26.9 Å². The quantitative estimate of drug-likeness (QED) is 0.465. The molecule has 100 valence electrons. The Labute approximate surface area is 111 Å². The van der Waals surface area contributed by atoms with Gasteiger partial charge in [0.2, 0.25) is 6.10 Å². The third-order valence-electron chi connectivity index (χ3n) is 2.43. The number of carbonyl (C=O) groups excluding carboxylic acids is 1. The van der Waals surface area contributed by atoms with Crippen LogP contribution < -0.4 is 16.0 Å². The first-order valence-electron chi connectivity index (χ1n) is 5.56. The lowest BCUT2D eigenvalue weighted by Gasteiger charge is -2.17. The van der Waals surface area contributed by atoms with E-state index in [2.05, 4.69) is 0 Å². The minimum atomic E-state index is -0.786. The molecule has 1 amide bonds. The second-order valence-corrected chi connectivity index (χ2v) is 4.08. The highest BCUT2D eigenvalue weighted by molar-refractivity contribution is 6.31. The van der Waals surface area contributed by atoms with Crippen LogP contribution in [0.25, 0.3) is 0 Å². The third kappa shape index (κ3) is 3.87. The summed E-state index contributed by atoms with van der Waals surface area (Å²) < 4.78 is 10.4. The molecule has 5 nitrogen and oxygen atoms in total. The number of rotatable bonds is 6. The fourth-order valence-corrected chi connectivity index (χ4v) is 1.72. The number of hydrazine groups is 1. The van der Waals surface area contributed by atoms with Crippen molar-refractivity contribution in [3.8, 4) is 5.75 Å². The molecule has 1 atom stereocenters. The van der Waals surface area contributed by atoms with E-state index in [1.807, 2.05) is 12.3 Å². The number of hydrogen-bond acceptors (Lipinski definition) is 4. The summed E-state index contributed by atoms with van der Waals surface area (Å²) in [5, 5.41) is 0.677. The second-order valence-electron chi connectivity index (χ2n) is 3.68. The van der Waals surface area contributed by atoms with E-state index in [1.54, 1.807) is 18.2 Å². The molecule has 3 N–H and O–H groups in total. The summed E-state index contributed by atoms with van der Waals surface area (Å²) in [4.78, 5) is 11.5. The molecule has 0 saturated carbocycles. The van der Waals surface area contributed by atoms with Crippen molar-refractivity contribution < 1.29 is 14.3 Å². The second kappa shape index (κ2) is 7.20. The van der Waals surface area contributed by atoms with Crippen molar-refractivity contribution in [1.29, 1.82) is 0 Å². The first-order chi connectivity index (χ1) is 8.62. The normalized spacial score (nSPS) is 12.0. The van der Waals surface area contributed by atoms with Crippen LogP contribution in [0.1, 0.15) is 12.5 Å². The predicted molar refractivity (Wildman–Crippen MR) is 69.5 cm³/mol. The van der Waals surface area contributed by atoms with E-state index in [1.165, 1.54) is 7.11 Å². The topological polar surface area (TPSA) is 73.6 Å². The summed E-state index contributed by atoms with van der Waals surface area (Å²) in [6.07, 6.45) is -0.000444. The Kier molecular flexibility index (Phi) is 5.91. The fraction of sp³-hybridized carbons (Fsp3) is 0.417. The summed E-state index contributed by atoms with van der Waals surface area (Å²) in [5.74, 6) is 5.20. The lowest BCUT2D eigenvalue weighted by atomic mass is 10.1.